The minimum atomic E-state index is -0.0897. The van der Waals surface area contributed by atoms with Gasteiger partial charge in [0.1, 0.15) is 0 Å². The molecule has 0 heterocycles. The third-order valence-electron chi connectivity index (χ3n) is 2.90. The molecule has 6 nitrogen and oxygen atoms in total. The van der Waals surface area contributed by atoms with Crippen molar-refractivity contribution in [1.82, 2.24) is 16.0 Å². The zero-order chi connectivity index (χ0) is 15.7. The van der Waals surface area contributed by atoms with Crippen molar-refractivity contribution in [3.8, 4) is 0 Å². The molecule has 21 heavy (non-hydrogen) atoms. The van der Waals surface area contributed by atoms with Crippen molar-refractivity contribution in [3.05, 3.63) is 35.4 Å². The van der Waals surface area contributed by atoms with Crippen LogP contribution in [0, 0.1) is 0 Å². The van der Waals surface area contributed by atoms with Crippen molar-refractivity contribution in [3.63, 3.8) is 0 Å². The number of nitrogens with one attached hydrogen (secondary N) is 3. The average molecular weight is 292 g/mol. The minimum Gasteiger partial charge on any atom is -0.383 e. The molecule has 0 spiro atoms. The van der Waals surface area contributed by atoms with E-state index in [4.69, 9.17) is 4.74 Å². The molecule has 0 radical (unpaired) electrons. The SMILES string of the molecule is CN=C(NCc1cccc(C(=O)NC)c1)NC(C)COC. The summed E-state index contributed by atoms with van der Waals surface area (Å²) in [7, 11) is 5.00. The third-order valence-corrected chi connectivity index (χ3v) is 2.90. The zero-order valence-electron chi connectivity index (χ0n) is 13.1. The minimum absolute atomic E-state index is 0.0897. The predicted molar refractivity (Wildman–Crippen MR) is 84.5 cm³/mol. The number of rotatable bonds is 6. The van der Waals surface area contributed by atoms with E-state index in [1.165, 1.54) is 0 Å². The van der Waals surface area contributed by atoms with Crippen LogP contribution in [0.15, 0.2) is 29.3 Å². The van der Waals surface area contributed by atoms with Crippen molar-refractivity contribution >= 4 is 11.9 Å². The van der Waals surface area contributed by atoms with Gasteiger partial charge >= 0.3 is 0 Å². The number of aliphatic imine (C=N–C) groups is 1. The molecule has 0 aliphatic heterocycles. The second-order valence-corrected chi connectivity index (χ2v) is 4.71. The molecule has 1 unspecified atom stereocenters. The summed E-state index contributed by atoms with van der Waals surface area (Å²) in [4.78, 5) is 15.8. The Balaban J connectivity index is 2.59. The fourth-order valence-corrected chi connectivity index (χ4v) is 1.87. The van der Waals surface area contributed by atoms with Crippen molar-refractivity contribution in [2.24, 2.45) is 4.99 Å². The van der Waals surface area contributed by atoms with Gasteiger partial charge in [-0.2, -0.15) is 0 Å². The summed E-state index contributed by atoms with van der Waals surface area (Å²) in [6, 6.07) is 7.64. The molecular formula is C15H24N4O2. The molecule has 116 valence electrons. The number of methoxy groups -OCH3 is 1. The summed E-state index contributed by atoms with van der Waals surface area (Å²) in [6.45, 7) is 3.21. The molecule has 3 N–H and O–H groups in total. The monoisotopic (exact) mass is 292 g/mol. The van der Waals surface area contributed by atoms with Crippen molar-refractivity contribution in [2.75, 3.05) is 27.8 Å². The smallest absolute Gasteiger partial charge is 0.251 e. The van der Waals surface area contributed by atoms with Crippen LogP contribution >= 0.6 is 0 Å². The first-order chi connectivity index (χ1) is 10.1. The van der Waals surface area contributed by atoms with Crippen molar-refractivity contribution < 1.29 is 9.53 Å². The Hall–Kier alpha value is -2.08. The second kappa shape index (κ2) is 8.97. The first kappa shape index (κ1) is 17.0. The summed E-state index contributed by atoms with van der Waals surface area (Å²) in [6.07, 6.45) is 0. The van der Waals surface area contributed by atoms with Gasteiger partial charge in [-0.3, -0.25) is 9.79 Å². The summed E-state index contributed by atoms with van der Waals surface area (Å²) in [5.74, 6) is 0.609. The molecule has 1 amide bonds. The fourth-order valence-electron chi connectivity index (χ4n) is 1.87. The Labute approximate surface area is 126 Å². The topological polar surface area (TPSA) is 74.8 Å². The zero-order valence-corrected chi connectivity index (χ0v) is 13.1. The number of benzene rings is 1. The van der Waals surface area contributed by atoms with Crippen molar-refractivity contribution in [1.29, 1.82) is 0 Å². The Morgan fingerprint density at radius 2 is 2.19 bits per heavy atom. The number of nitrogens with zero attached hydrogens (tertiary/aromatic N) is 1. The Morgan fingerprint density at radius 3 is 2.81 bits per heavy atom. The van der Waals surface area contributed by atoms with Gasteiger partial charge in [0.2, 0.25) is 0 Å². The van der Waals surface area contributed by atoms with E-state index >= 15 is 0 Å². The second-order valence-electron chi connectivity index (χ2n) is 4.71. The first-order valence-electron chi connectivity index (χ1n) is 6.87. The van der Waals surface area contributed by atoms with Gasteiger partial charge in [-0.1, -0.05) is 12.1 Å². The van der Waals surface area contributed by atoms with Gasteiger partial charge in [-0.25, -0.2) is 0 Å². The Kier molecular flexibility index (Phi) is 7.25. The normalized spacial score (nSPS) is 12.7. The largest absolute Gasteiger partial charge is 0.383 e. The van der Waals surface area contributed by atoms with Crippen LogP contribution in [0.5, 0.6) is 0 Å². The molecule has 0 fully saturated rings. The van der Waals surface area contributed by atoms with E-state index in [9.17, 15) is 4.79 Å². The third kappa shape index (κ3) is 5.83. The lowest BCUT2D eigenvalue weighted by atomic mass is 10.1. The highest BCUT2D eigenvalue weighted by molar-refractivity contribution is 5.94. The molecule has 1 atom stereocenters. The van der Waals surface area contributed by atoms with E-state index in [0.717, 1.165) is 5.56 Å². The Morgan fingerprint density at radius 1 is 1.43 bits per heavy atom. The number of guanidine groups is 1. The first-order valence-corrected chi connectivity index (χ1v) is 6.87. The maximum Gasteiger partial charge on any atom is 0.251 e. The highest BCUT2D eigenvalue weighted by atomic mass is 16.5. The number of hydrogen-bond acceptors (Lipinski definition) is 3. The number of ether oxygens (including phenoxy) is 1. The lowest BCUT2D eigenvalue weighted by Crippen LogP contribution is -2.43. The molecule has 1 aromatic carbocycles. The summed E-state index contributed by atoms with van der Waals surface area (Å²) >= 11 is 0. The summed E-state index contributed by atoms with van der Waals surface area (Å²) in [5, 5.41) is 9.05. The van der Waals surface area contributed by atoms with Crippen LogP contribution in [0.1, 0.15) is 22.8 Å². The van der Waals surface area contributed by atoms with Gasteiger partial charge < -0.3 is 20.7 Å². The standard InChI is InChI=1S/C15H24N4O2/c1-11(10-21-4)19-15(17-3)18-9-12-6-5-7-13(8-12)14(20)16-2/h5-8,11H,9-10H2,1-4H3,(H,16,20)(H2,17,18,19). The molecule has 0 aliphatic carbocycles. The van der Waals surface area contributed by atoms with Crippen LogP contribution in [0.2, 0.25) is 0 Å². The molecule has 1 aromatic rings. The van der Waals surface area contributed by atoms with Gasteiger partial charge in [-0.05, 0) is 24.6 Å². The van der Waals surface area contributed by atoms with Crippen LogP contribution in [0.25, 0.3) is 0 Å². The van der Waals surface area contributed by atoms with Crippen LogP contribution < -0.4 is 16.0 Å². The van der Waals surface area contributed by atoms with Crippen LogP contribution in [0.3, 0.4) is 0 Å². The lowest BCUT2D eigenvalue weighted by Gasteiger charge is -2.17. The van der Waals surface area contributed by atoms with E-state index in [2.05, 4.69) is 20.9 Å². The van der Waals surface area contributed by atoms with Gasteiger partial charge in [-0.15, -0.1) is 0 Å². The summed E-state index contributed by atoms with van der Waals surface area (Å²) < 4.78 is 5.08. The predicted octanol–water partition coefficient (Wildman–Crippen LogP) is 0.746. The van der Waals surface area contributed by atoms with Crippen LogP contribution in [-0.4, -0.2) is 45.7 Å². The molecule has 0 bridgehead atoms. The molecule has 0 saturated carbocycles. The fraction of sp³-hybridized carbons (Fsp3) is 0.467. The van der Waals surface area contributed by atoms with E-state index < -0.39 is 0 Å². The quantitative estimate of drug-likeness (QED) is 0.534. The van der Waals surface area contributed by atoms with E-state index in [-0.39, 0.29) is 11.9 Å². The lowest BCUT2D eigenvalue weighted by molar-refractivity contribution is 0.0963. The number of amides is 1. The molecular weight excluding hydrogens is 268 g/mol. The maximum atomic E-state index is 11.6. The number of carbonyl (C=O) groups is 1. The van der Waals surface area contributed by atoms with E-state index in [1.54, 1.807) is 27.3 Å². The van der Waals surface area contributed by atoms with Gasteiger partial charge in [0.25, 0.3) is 5.91 Å². The highest BCUT2D eigenvalue weighted by Gasteiger charge is 2.06. The van der Waals surface area contributed by atoms with Gasteiger partial charge in [0, 0.05) is 39.4 Å². The van der Waals surface area contributed by atoms with E-state index in [0.29, 0.717) is 24.7 Å². The molecule has 0 aliphatic rings. The average Bonchev–Trinajstić information content (AvgIpc) is 2.51. The number of hydrogen-bond donors (Lipinski definition) is 3. The van der Waals surface area contributed by atoms with Crippen LogP contribution in [0.4, 0.5) is 0 Å². The van der Waals surface area contributed by atoms with Crippen molar-refractivity contribution in [2.45, 2.75) is 19.5 Å². The van der Waals surface area contributed by atoms with Crippen LogP contribution in [-0.2, 0) is 11.3 Å². The van der Waals surface area contributed by atoms with E-state index in [1.807, 2.05) is 25.1 Å². The molecule has 1 rings (SSSR count). The van der Waals surface area contributed by atoms with Gasteiger partial charge in [0.15, 0.2) is 5.96 Å². The van der Waals surface area contributed by atoms with Gasteiger partial charge in [0.05, 0.1) is 6.61 Å². The summed E-state index contributed by atoms with van der Waals surface area (Å²) in [5.41, 5.74) is 1.66. The molecule has 0 saturated heterocycles. The Bertz CT molecular complexity index is 488. The highest BCUT2D eigenvalue weighted by Crippen LogP contribution is 2.05. The molecule has 0 aromatic heterocycles. The number of carbonyl (C=O) groups excluding carboxylic acids is 1. The molecule has 6 heteroatoms. The maximum absolute atomic E-state index is 11.6.